The lowest BCUT2D eigenvalue weighted by Gasteiger charge is -2.17. The minimum atomic E-state index is -0.621. The molecule has 0 bridgehead atoms. The topological polar surface area (TPSA) is 75.3 Å². The first-order valence-corrected chi connectivity index (χ1v) is 11.1. The second-order valence-corrected chi connectivity index (χ2v) is 8.47. The van der Waals surface area contributed by atoms with Gasteiger partial charge in [0.1, 0.15) is 5.82 Å². The van der Waals surface area contributed by atoms with E-state index in [2.05, 4.69) is 9.67 Å². The zero-order valence-electron chi connectivity index (χ0n) is 19.4. The number of Topliss-reactive ketones (excluding diaryl/α,β-unsaturated/α-hetero) is 1. The van der Waals surface area contributed by atoms with Crippen LogP contribution in [0.25, 0.3) is 5.69 Å². The van der Waals surface area contributed by atoms with E-state index >= 15 is 0 Å². The highest BCUT2D eigenvalue weighted by molar-refractivity contribution is 6.00. The number of methoxy groups -OCH3 is 1. The number of aryl methyl sites for hydroxylation is 1. The molecule has 0 fully saturated rings. The molecule has 7 nitrogen and oxygen atoms in total. The third-order valence-corrected chi connectivity index (χ3v) is 6.16. The average Bonchev–Trinajstić information content (AvgIpc) is 3.46. The fourth-order valence-corrected chi connectivity index (χ4v) is 4.73. The predicted octanol–water partition coefficient (Wildman–Crippen LogP) is 4.17. The van der Waals surface area contributed by atoms with Crippen LogP contribution >= 0.6 is 0 Å². The Kier molecular flexibility index (Phi) is 6.47. The van der Waals surface area contributed by atoms with Crippen molar-refractivity contribution >= 4 is 11.8 Å². The second kappa shape index (κ2) is 9.31. The Morgan fingerprint density at radius 2 is 1.91 bits per heavy atom. The minimum Gasteiger partial charge on any atom is -0.453 e. The predicted molar refractivity (Wildman–Crippen MR) is 121 cm³/mol. The summed E-state index contributed by atoms with van der Waals surface area (Å²) in [4.78, 5) is 25.7. The molecule has 0 N–H and O–H groups in total. The molecule has 174 valence electrons. The van der Waals surface area contributed by atoms with Crippen LogP contribution in [0.2, 0.25) is 0 Å². The van der Waals surface area contributed by atoms with Crippen molar-refractivity contribution in [1.82, 2.24) is 14.3 Å². The van der Waals surface area contributed by atoms with E-state index < -0.39 is 5.97 Å². The highest BCUT2D eigenvalue weighted by Crippen LogP contribution is 2.28. The number of hydrogen-bond acceptors (Lipinski definition) is 5. The molecule has 0 amide bonds. The summed E-state index contributed by atoms with van der Waals surface area (Å²) < 4.78 is 27.7. The Balaban J connectivity index is 1.51. The van der Waals surface area contributed by atoms with Gasteiger partial charge in [-0.2, -0.15) is 5.10 Å². The molecule has 2 aromatic heterocycles. The number of ketones is 1. The summed E-state index contributed by atoms with van der Waals surface area (Å²) in [6, 6.07) is 7.87. The smallest absolute Gasteiger partial charge is 0.359 e. The van der Waals surface area contributed by atoms with E-state index in [1.807, 2.05) is 26.8 Å². The van der Waals surface area contributed by atoms with E-state index in [0.717, 1.165) is 35.5 Å². The van der Waals surface area contributed by atoms with Gasteiger partial charge in [-0.15, -0.1) is 0 Å². The molecule has 1 aliphatic carbocycles. The molecule has 4 rings (SSSR count). The Hall–Kier alpha value is -3.26. The highest BCUT2D eigenvalue weighted by Gasteiger charge is 2.29. The van der Waals surface area contributed by atoms with Gasteiger partial charge in [-0.25, -0.2) is 13.9 Å². The second-order valence-electron chi connectivity index (χ2n) is 8.47. The van der Waals surface area contributed by atoms with E-state index in [9.17, 15) is 14.0 Å². The number of aromatic nitrogens is 3. The summed E-state index contributed by atoms with van der Waals surface area (Å²) in [5.41, 5.74) is 4.97. The molecule has 0 saturated heterocycles. The van der Waals surface area contributed by atoms with Crippen molar-refractivity contribution in [1.29, 1.82) is 0 Å². The van der Waals surface area contributed by atoms with Crippen LogP contribution in [0.4, 0.5) is 4.39 Å². The zero-order valence-corrected chi connectivity index (χ0v) is 19.4. The quantitative estimate of drug-likeness (QED) is 0.378. The van der Waals surface area contributed by atoms with Gasteiger partial charge >= 0.3 is 5.97 Å². The fourth-order valence-electron chi connectivity index (χ4n) is 4.73. The molecule has 2 heterocycles. The zero-order chi connectivity index (χ0) is 23.7. The maximum Gasteiger partial charge on any atom is 0.359 e. The van der Waals surface area contributed by atoms with Gasteiger partial charge in [-0.05, 0) is 70.4 Å². The molecule has 0 radical (unpaired) electrons. The SMILES string of the molecule is COCC(C)n1c(C)cc(C(=O)COC(=O)c2nn(-c3ccc(F)cc3)c3c2CCC3)c1C. The largest absolute Gasteiger partial charge is 0.453 e. The van der Waals surface area contributed by atoms with Crippen molar-refractivity contribution in [2.24, 2.45) is 0 Å². The van der Waals surface area contributed by atoms with Gasteiger partial charge in [0.25, 0.3) is 0 Å². The van der Waals surface area contributed by atoms with Gasteiger partial charge in [0, 0.05) is 35.3 Å². The normalized spacial score (nSPS) is 13.7. The number of carbonyl (C=O) groups excluding carboxylic acids is 2. The number of esters is 1. The van der Waals surface area contributed by atoms with Crippen molar-refractivity contribution < 1.29 is 23.5 Å². The Morgan fingerprint density at radius 3 is 2.61 bits per heavy atom. The first-order valence-electron chi connectivity index (χ1n) is 11.1. The first kappa shape index (κ1) is 22.9. The minimum absolute atomic E-state index is 0.0807. The summed E-state index contributed by atoms with van der Waals surface area (Å²) in [6.45, 7) is 6.01. The monoisotopic (exact) mass is 453 g/mol. The van der Waals surface area contributed by atoms with Crippen LogP contribution < -0.4 is 0 Å². The molecule has 1 aromatic carbocycles. The molecule has 0 aliphatic heterocycles. The Morgan fingerprint density at radius 1 is 1.18 bits per heavy atom. The van der Waals surface area contributed by atoms with E-state index in [1.54, 1.807) is 23.9 Å². The Labute approximate surface area is 192 Å². The summed E-state index contributed by atoms with van der Waals surface area (Å²) in [5, 5.41) is 4.45. The summed E-state index contributed by atoms with van der Waals surface area (Å²) in [7, 11) is 1.64. The number of ether oxygens (including phenoxy) is 2. The van der Waals surface area contributed by atoms with Crippen LogP contribution in [-0.2, 0) is 22.3 Å². The van der Waals surface area contributed by atoms with Gasteiger partial charge in [0.15, 0.2) is 12.3 Å². The first-order chi connectivity index (χ1) is 15.8. The standard InChI is InChI=1S/C25H28FN3O4/c1-15-12-21(17(3)28(15)16(2)13-32-4)23(30)14-33-25(31)24-20-6-5-7-22(20)29(27-24)19-10-8-18(26)9-11-19/h8-12,16H,5-7,13-14H2,1-4H3. The van der Waals surface area contributed by atoms with Crippen LogP contribution in [0.15, 0.2) is 30.3 Å². The molecule has 1 atom stereocenters. The van der Waals surface area contributed by atoms with Gasteiger partial charge in [-0.1, -0.05) is 0 Å². The Bertz CT molecular complexity index is 1190. The third kappa shape index (κ3) is 4.35. The molecule has 0 saturated carbocycles. The van der Waals surface area contributed by atoms with Crippen LogP contribution in [0.3, 0.4) is 0 Å². The summed E-state index contributed by atoms with van der Waals surface area (Å²) in [6.07, 6.45) is 2.39. The van der Waals surface area contributed by atoms with Crippen LogP contribution in [-0.4, -0.2) is 46.4 Å². The van der Waals surface area contributed by atoms with Gasteiger partial charge in [-0.3, -0.25) is 4.79 Å². The van der Waals surface area contributed by atoms with Crippen molar-refractivity contribution in [3.63, 3.8) is 0 Å². The van der Waals surface area contributed by atoms with Crippen molar-refractivity contribution in [3.8, 4) is 5.69 Å². The maximum absolute atomic E-state index is 13.3. The lowest BCUT2D eigenvalue weighted by molar-refractivity contribution is 0.0467. The lowest BCUT2D eigenvalue weighted by Crippen LogP contribution is -2.17. The van der Waals surface area contributed by atoms with Crippen molar-refractivity contribution in [3.05, 3.63) is 70.1 Å². The van der Waals surface area contributed by atoms with Gasteiger partial charge < -0.3 is 14.0 Å². The number of carbonyl (C=O) groups is 2. The number of rotatable bonds is 8. The van der Waals surface area contributed by atoms with E-state index in [0.29, 0.717) is 24.3 Å². The maximum atomic E-state index is 13.3. The van der Waals surface area contributed by atoms with Crippen LogP contribution in [0.1, 0.15) is 62.9 Å². The van der Waals surface area contributed by atoms with Crippen LogP contribution in [0, 0.1) is 19.7 Å². The summed E-state index contributed by atoms with van der Waals surface area (Å²) >= 11 is 0. The van der Waals surface area contributed by atoms with Crippen LogP contribution in [0.5, 0.6) is 0 Å². The average molecular weight is 454 g/mol. The third-order valence-electron chi connectivity index (χ3n) is 6.16. The number of nitrogens with zero attached hydrogens (tertiary/aromatic N) is 3. The van der Waals surface area contributed by atoms with Gasteiger partial charge in [0.2, 0.25) is 5.78 Å². The fraction of sp³-hybridized carbons (Fsp3) is 0.400. The highest BCUT2D eigenvalue weighted by atomic mass is 19.1. The van der Waals surface area contributed by atoms with Crippen molar-refractivity contribution in [2.75, 3.05) is 20.3 Å². The van der Waals surface area contributed by atoms with E-state index in [4.69, 9.17) is 9.47 Å². The van der Waals surface area contributed by atoms with E-state index in [-0.39, 0.29) is 29.9 Å². The summed E-state index contributed by atoms with van der Waals surface area (Å²) in [5.74, 6) is -1.22. The molecular weight excluding hydrogens is 425 g/mol. The molecule has 3 aromatic rings. The number of hydrogen-bond donors (Lipinski definition) is 0. The van der Waals surface area contributed by atoms with Crippen molar-refractivity contribution in [2.45, 2.75) is 46.1 Å². The molecule has 33 heavy (non-hydrogen) atoms. The number of fused-ring (bicyclic) bond motifs is 1. The lowest BCUT2D eigenvalue weighted by atomic mass is 10.1. The molecule has 8 heteroatoms. The molecular formula is C25H28FN3O4. The molecule has 1 aliphatic rings. The van der Waals surface area contributed by atoms with Gasteiger partial charge in [0.05, 0.1) is 18.3 Å². The molecule has 0 spiro atoms. The number of halogens is 1. The molecule has 1 unspecified atom stereocenters. The van der Waals surface area contributed by atoms with E-state index in [1.165, 1.54) is 12.1 Å². The number of benzene rings is 1.